The number of hydrogen-bond donors (Lipinski definition) is 1. The summed E-state index contributed by atoms with van der Waals surface area (Å²) < 4.78 is 4.93. The van der Waals surface area contributed by atoms with E-state index in [4.69, 9.17) is 4.74 Å². The lowest BCUT2D eigenvalue weighted by Crippen LogP contribution is -3.04. The summed E-state index contributed by atoms with van der Waals surface area (Å²) in [6.07, 6.45) is 0. The third-order valence-electron chi connectivity index (χ3n) is 2.22. The molecule has 1 aliphatic heterocycles. The summed E-state index contributed by atoms with van der Waals surface area (Å²) in [5.74, 6) is -0.0394. The Balaban J connectivity index is 2.37. The lowest BCUT2D eigenvalue weighted by Gasteiger charge is -2.16. The first-order chi connectivity index (χ1) is 5.46. The van der Waals surface area contributed by atoms with Gasteiger partial charge in [0, 0.05) is 0 Å². The summed E-state index contributed by atoms with van der Waals surface area (Å²) in [7, 11) is 0. The average Bonchev–Trinajstić information content (AvgIpc) is 2.62. The van der Waals surface area contributed by atoms with Crippen LogP contribution in [0.15, 0.2) is 0 Å². The molecule has 0 spiro atoms. The van der Waals surface area contributed by atoms with Crippen LogP contribution < -0.4 is 4.90 Å². The van der Waals surface area contributed by atoms with Gasteiger partial charge < -0.3 is 9.64 Å². The molecule has 1 N–H and O–H groups in total. The number of esters is 1. The molecule has 1 fully saturated rings. The molecule has 3 heteroatoms. The third-order valence-corrected chi connectivity index (χ3v) is 2.22. The quantitative estimate of drug-likeness (QED) is 0.454. The highest BCUT2D eigenvalue weighted by Gasteiger charge is 2.53. The van der Waals surface area contributed by atoms with Gasteiger partial charge in [0.2, 0.25) is 6.04 Å². The number of carbonyl (C=O) groups excluding carboxylic acids is 1. The van der Waals surface area contributed by atoms with Crippen LogP contribution in [0, 0.1) is 0 Å². The molecule has 12 heavy (non-hydrogen) atoms. The first kappa shape index (κ1) is 9.52. The first-order valence-electron chi connectivity index (χ1n) is 4.49. The van der Waals surface area contributed by atoms with Crippen LogP contribution in [0.1, 0.15) is 27.7 Å². The van der Waals surface area contributed by atoms with E-state index in [1.165, 1.54) is 4.90 Å². The minimum Gasteiger partial charge on any atom is -0.461 e. The molecule has 0 radical (unpaired) electrons. The smallest absolute Gasteiger partial charge is 0.371 e. The molecular formula is C9H18NO2+. The molecule has 2 atom stereocenters. The van der Waals surface area contributed by atoms with Gasteiger partial charge in [0.05, 0.1) is 12.1 Å². The van der Waals surface area contributed by atoms with Gasteiger partial charge in [-0.1, -0.05) is 0 Å². The van der Waals surface area contributed by atoms with E-state index < -0.39 is 0 Å². The molecule has 1 heterocycles. The predicted octanol–water partition coefficient (Wildman–Crippen LogP) is -0.385. The second kappa shape index (κ2) is 3.05. The molecule has 1 aliphatic rings. The number of carbonyl (C=O) groups is 1. The maximum atomic E-state index is 11.2. The Hall–Kier alpha value is -0.570. The fourth-order valence-electron chi connectivity index (χ4n) is 1.46. The maximum absolute atomic E-state index is 11.2. The van der Waals surface area contributed by atoms with E-state index in [1.807, 2.05) is 6.92 Å². The Labute approximate surface area is 73.7 Å². The monoisotopic (exact) mass is 172 g/mol. The van der Waals surface area contributed by atoms with Crippen LogP contribution in [-0.2, 0) is 9.53 Å². The van der Waals surface area contributed by atoms with Crippen molar-refractivity contribution in [1.82, 2.24) is 0 Å². The van der Waals surface area contributed by atoms with Crippen LogP contribution >= 0.6 is 0 Å². The number of rotatable bonds is 2. The van der Waals surface area contributed by atoms with E-state index in [0.717, 1.165) is 6.54 Å². The van der Waals surface area contributed by atoms with Gasteiger partial charge in [-0.2, -0.15) is 0 Å². The largest absolute Gasteiger partial charge is 0.461 e. The Bertz CT molecular complexity index is 183. The van der Waals surface area contributed by atoms with Crippen LogP contribution in [-0.4, -0.2) is 30.7 Å². The van der Waals surface area contributed by atoms with Crippen molar-refractivity contribution in [3.8, 4) is 0 Å². The van der Waals surface area contributed by atoms with Gasteiger partial charge in [-0.25, -0.2) is 4.79 Å². The van der Waals surface area contributed by atoms with Crippen molar-refractivity contribution in [2.75, 3.05) is 13.2 Å². The van der Waals surface area contributed by atoms with Crippen molar-refractivity contribution in [3.63, 3.8) is 0 Å². The number of hydrogen-bond acceptors (Lipinski definition) is 2. The lowest BCUT2D eigenvalue weighted by molar-refractivity contribution is -0.825. The van der Waals surface area contributed by atoms with Gasteiger partial charge in [-0.15, -0.1) is 0 Å². The van der Waals surface area contributed by atoms with E-state index in [-0.39, 0.29) is 17.6 Å². The molecule has 70 valence electrons. The average molecular weight is 172 g/mol. The third kappa shape index (κ3) is 1.97. The summed E-state index contributed by atoms with van der Waals surface area (Å²) in [4.78, 5) is 12.6. The summed E-state index contributed by atoms with van der Waals surface area (Å²) in [5, 5.41) is 0. The van der Waals surface area contributed by atoms with Gasteiger partial charge >= 0.3 is 5.97 Å². The van der Waals surface area contributed by atoms with Gasteiger partial charge in [0.25, 0.3) is 0 Å². The van der Waals surface area contributed by atoms with Crippen molar-refractivity contribution < 1.29 is 14.4 Å². The molecule has 1 unspecified atom stereocenters. The van der Waals surface area contributed by atoms with Crippen molar-refractivity contribution in [2.24, 2.45) is 0 Å². The van der Waals surface area contributed by atoms with Crippen molar-refractivity contribution in [3.05, 3.63) is 0 Å². The van der Waals surface area contributed by atoms with E-state index in [9.17, 15) is 4.79 Å². The fraction of sp³-hybridized carbons (Fsp3) is 0.889. The molecule has 1 saturated heterocycles. The van der Waals surface area contributed by atoms with E-state index in [2.05, 4.69) is 20.8 Å². The second-order valence-corrected chi connectivity index (χ2v) is 4.28. The summed E-state index contributed by atoms with van der Waals surface area (Å²) in [6.45, 7) is 9.69. The SMILES string of the molecule is CCOC(=O)[C@H]1C[NH+]1C(C)(C)C. The second-order valence-electron chi connectivity index (χ2n) is 4.28. The Morgan fingerprint density at radius 2 is 2.17 bits per heavy atom. The highest BCUT2D eigenvalue weighted by atomic mass is 16.5. The van der Waals surface area contributed by atoms with Crippen LogP contribution in [0.5, 0.6) is 0 Å². The highest BCUT2D eigenvalue weighted by Crippen LogP contribution is 2.03. The molecule has 0 aliphatic carbocycles. The zero-order valence-electron chi connectivity index (χ0n) is 8.31. The van der Waals surface area contributed by atoms with Crippen LogP contribution in [0.2, 0.25) is 0 Å². The number of quaternary nitrogens is 1. The minimum atomic E-state index is -0.0394. The molecule has 0 aromatic carbocycles. The molecule has 0 amide bonds. The molecule has 1 rings (SSSR count). The summed E-state index contributed by atoms with van der Waals surface area (Å²) >= 11 is 0. The molecule has 3 nitrogen and oxygen atoms in total. The van der Waals surface area contributed by atoms with E-state index in [1.54, 1.807) is 0 Å². The molecule has 0 saturated carbocycles. The Morgan fingerprint density at radius 3 is 2.50 bits per heavy atom. The van der Waals surface area contributed by atoms with Gasteiger partial charge in [-0.05, 0) is 27.7 Å². The standard InChI is InChI=1S/C9H17NO2/c1-5-12-8(11)7-6-10(7)9(2,3)4/h7H,5-6H2,1-4H3/p+1/t7-,10?/m1/s1. The van der Waals surface area contributed by atoms with Crippen LogP contribution in [0.3, 0.4) is 0 Å². The van der Waals surface area contributed by atoms with Crippen molar-refractivity contribution >= 4 is 5.97 Å². The molecule has 0 bridgehead atoms. The zero-order chi connectivity index (χ0) is 9.35. The topological polar surface area (TPSA) is 30.7 Å². The first-order valence-corrected chi connectivity index (χ1v) is 4.49. The van der Waals surface area contributed by atoms with Crippen molar-refractivity contribution in [1.29, 1.82) is 0 Å². The zero-order valence-corrected chi connectivity index (χ0v) is 8.31. The van der Waals surface area contributed by atoms with Gasteiger partial charge in [-0.3, -0.25) is 0 Å². The van der Waals surface area contributed by atoms with E-state index in [0.29, 0.717) is 6.61 Å². The summed E-state index contributed by atoms with van der Waals surface area (Å²) in [6, 6.07) is 0.102. The van der Waals surface area contributed by atoms with E-state index >= 15 is 0 Å². The minimum absolute atomic E-state index is 0.0394. The van der Waals surface area contributed by atoms with Crippen LogP contribution in [0.25, 0.3) is 0 Å². The molecule has 0 aromatic heterocycles. The molecule has 0 aromatic rings. The number of nitrogens with one attached hydrogen (secondary N) is 1. The Kier molecular flexibility index (Phi) is 2.42. The maximum Gasteiger partial charge on any atom is 0.371 e. The Morgan fingerprint density at radius 1 is 1.58 bits per heavy atom. The number of ether oxygens (including phenoxy) is 1. The highest BCUT2D eigenvalue weighted by molar-refractivity contribution is 5.76. The molecular weight excluding hydrogens is 154 g/mol. The van der Waals surface area contributed by atoms with Gasteiger partial charge in [0.15, 0.2) is 0 Å². The normalized spacial score (nSPS) is 28.3. The van der Waals surface area contributed by atoms with Gasteiger partial charge in [0.1, 0.15) is 6.54 Å². The summed E-state index contributed by atoms with van der Waals surface area (Å²) in [5.41, 5.74) is 0.178. The van der Waals surface area contributed by atoms with Crippen molar-refractivity contribution in [2.45, 2.75) is 39.3 Å². The predicted molar refractivity (Wildman–Crippen MR) is 46.0 cm³/mol. The van der Waals surface area contributed by atoms with Crippen LogP contribution in [0.4, 0.5) is 0 Å². The fourth-order valence-corrected chi connectivity index (χ4v) is 1.46. The lowest BCUT2D eigenvalue weighted by atomic mass is 10.1.